The van der Waals surface area contributed by atoms with Crippen LogP contribution in [0.2, 0.25) is 0 Å². The van der Waals surface area contributed by atoms with Gasteiger partial charge in [0, 0.05) is 37.9 Å². The van der Waals surface area contributed by atoms with Crippen LogP contribution in [-0.2, 0) is 9.57 Å². The van der Waals surface area contributed by atoms with E-state index in [2.05, 4.69) is 10.4 Å². The van der Waals surface area contributed by atoms with Crippen LogP contribution in [0.4, 0.5) is 5.69 Å². The molecule has 0 spiro atoms. The summed E-state index contributed by atoms with van der Waals surface area (Å²) in [5.74, 6) is -0.534. The molecule has 6 heteroatoms. The molecular weight excluding hydrogens is 284 g/mol. The fourth-order valence-electron chi connectivity index (χ4n) is 2.48. The van der Waals surface area contributed by atoms with Crippen molar-refractivity contribution in [1.29, 1.82) is 0 Å². The zero-order valence-electron chi connectivity index (χ0n) is 13.2. The predicted octanol–water partition coefficient (Wildman–Crippen LogP) is 2.43. The van der Waals surface area contributed by atoms with Gasteiger partial charge in [-0.15, -0.1) is 0 Å². The number of anilines is 1. The molecule has 6 nitrogen and oxygen atoms in total. The Bertz CT molecular complexity index is 497. The molecule has 1 atom stereocenters. The van der Waals surface area contributed by atoms with Crippen LogP contribution >= 0.6 is 0 Å². The minimum Gasteiger partial charge on any atom is -0.507 e. The lowest BCUT2D eigenvalue weighted by Gasteiger charge is -2.23. The summed E-state index contributed by atoms with van der Waals surface area (Å²) in [4.78, 5) is 19.4. The maximum Gasteiger partial charge on any atom is 0.278 e. The monoisotopic (exact) mass is 308 g/mol. The number of amides is 1. The molecule has 1 saturated heterocycles. The van der Waals surface area contributed by atoms with Crippen molar-refractivity contribution in [2.75, 3.05) is 24.6 Å². The fourth-order valence-corrected chi connectivity index (χ4v) is 2.48. The smallest absolute Gasteiger partial charge is 0.278 e. The molecule has 122 valence electrons. The molecule has 1 aliphatic rings. The van der Waals surface area contributed by atoms with Gasteiger partial charge in [-0.25, -0.2) is 10.3 Å². The van der Waals surface area contributed by atoms with Crippen LogP contribution in [-0.4, -0.2) is 37.0 Å². The highest BCUT2D eigenvalue weighted by Gasteiger charge is 2.18. The van der Waals surface area contributed by atoms with E-state index in [9.17, 15) is 9.90 Å². The predicted molar refractivity (Wildman–Crippen MR) is 83.8 cm³/mol. The Labute approximate surface area is 131 Å². The van der Waals surface area contributed by atoms with Crippen molar-refractivity contribution < 1.29 is 19.5 Å². The highest BCUT2D eigenvalue weighted by Crippen LogP contribution is 2.24. The lowest BCUT2D eigenvalue weighted by atomic mass is 10.1. The lowest BCUT2D eigenvalue weighted by molar-refractivity contribution is -0.186. The molecule has 2 rings (SSSR count). The second-order valence-electron chi connectivity index (χ2n) is 5.22. The van der Waals surface area contributed by atoms with E-state index < -0.39 is 12.2 Å². The molecule has 1 fully saturated rings. The molecule has 1 heterocycles. The van der Waals surface area contributed by atoms with Gasteiger partial charge in [-0.3, -0.25) is 4.79 Å². The minimum absolute atomic E-state index is 0.0601. The second-order valence-corrected chi connectivity index (χ2v) is 5.22. The molecule has 2 N–H and O–H groups in total. The fraction of sp³-hybridized carbons (Fsp3) is 0.562. The first-order valence-corrected chi connectivity index (χ1v) is 7.81. The van der Waals surface area contributed by atoms with Crippen LogP contribution in [0.1, 0.15) is 43.5 Å². The first-order chi connectivity index (χ1) is 10.7. The van der Waals surface area contributed by atoms with E-state index in [0.717, 1.165) is 38.0 Å². The SMILES string of the molecule is CCN(CC)c1ccc(C(=O)NOC2CCCCO2)c(O)c1. The van der Waals surface area contributed by atoms with E-state index in [-0.39, 0.29) is 11.3 Å². The molecule has 1 amide bonds. The summed E-state index contributed by atoms with van der Waals surface area (Å²) in [5.41, 5.74) is 3.42. The third-order valence-corrected chi connectivity index (χ3v) is 3.78. The third-order valence-electron chi connectivity index (χ3n) is 3.78. The molecule has 0 bridgehead atoms. The Morgan fingerprint density at radius 3 is 2.77 bits per heavy atom. The lowest BCUT2D eigenvalue weighted by Crippen LogP contribution is -2.33. The van der Waals surface area contributed by atoms with Gasteiger partial charge >= 0.3 is 0 Å². The maximum absolute atomic E-state index is 12.1. The quantitative estimate of drug-likeness (QED) is 0.790. The molecule has 1 aromatic carbocycles. The van der Waals surface area contributed by atoms with Crippen LogP contribution in [0.25, 0.3) is 0 Å². The first kappa shape index (κ1) is 16.6. The average Bonchev–Trinajstić information content (AvgIpc) is 2.55. The standard InChI is InChI=1S/C16H24N2O4/c1-3-18(4-2)12-8-9-13(14(19)11-12)16(20)17-22-15-7-5-6-10-21-15/h8-9,11,15,19H,3-7,10H2,1-2H3,(H,17,20). The molecule has 22 heavy (non-hydrogen) atoms. The second kappa shape index (κ2) is 8.00. The van der Waals surface area contributed by atoms with E-state index >= 15 is 0 Å². The minimum atomic E-state index is -0.474. The van der Waals surface area contributed by atoms with Gasteiger partial charge in [0.1, 0.15) is 5.75 Å². The molecule has 0 saturated carbocycles. The highest BCUT2D eigenvalue weighted by atomic mass is 16.8. The molecular formula is C16H24N2O4. The Kier molecular flexibility index (Phi) is 6.03. The van der Waals surface area contributed by atoms with Gasteiger partial charge in [-0.2, -0.15) is 0 Å². The van der Waals surface area contributed by atoms with Gasteiger partial charge in [-0.1, -0.05) is 0 Å². The normalized spacial score (nSPS) is 18.0. The van der Waals surface area contributed by atoms with Crippen molar-refractivity contribution in [3.05, 3.63) is 23.8 Å². The number of ether oxygens (including phenoxy) is 1. The van der Waals surface area contributed by atoms with Crippen LogP contribution < -0.4 is 10.4 Å². The number of rotatable bonds is 6. The Morgan fingerprint density at radius 2 is 2.18 bits per heavy atom. The van der Waals surface area contributed by atoms with E-state index in [4.69, 9.17) is 9.57 Å². The number of hydroxylamine groups is 1. The number of carbonyl (C=O) groups is 1. The van der Waals surface area contributed by atoms with Gasteiger partial charge in [0.2, 0.25) is 0 Å². The summed E-state index contributed by atoms with van der Waals surface area (Å²) in [7, 11) is 0. The van der Waals surface area contributed by atoms with Crippen LogP contribution in [0.3, 0.4) is 0 Å². The summed E-state index contributed by atoms with van der Waals surface area (Å²) >= 11 is 0. The van der Waals surface area contributed by atoms with Gasteiger partial charge in [0.25, 0.3) is 5.91 Å². The number of carbonyl (C=O) groups excluding carboxylic acids is 1. The van der Waals surface area contributed by atoms with Gasteiger partial charge in [0.15, 0.2) is 6.29 Å². The number of hydrogen-bond acceptors (Lipinski definition) is 5. The molecule has 0 aliphatic carbocycles. The zero-order valence-corrected chi connectivity index (χ0v) is 13.2. The van der Waals surface area contributed by atoms with E-state index in [1.807, 2.05) is 19.9 Å². The van der Waals surface area contributed by atoms with Gasteiger partial charge in [-0.05, 0) is 38.8 Å². The Balaban J connectivity index is 1.97. The summed E-state index contributed by atoms with van der Waals surface area (Å²) in [5, 5.41) is 10.1. The summed E-state index contributed by atoms with van der Waals surface area (Å²) in [6.45, 7) is 6.40. The highest BCUT2D eigenvalue weighted by molar-refractivity contribution is 5.96. The molecule has 0 radical (unpaired) electrons. The Morgan fingerprint density at radius 1 is 1.41 bits per heavy atom. The van der Waals surface area contributed by atoms with Crippen LogP contribution in [0, 0.1) is 0 Å². The number of phenols is 1. The molecule has 0 aromatic heterocycles. The zero-order chi connectivity index (χ0) is 15.9. The number of hydrogen-bond donors (Lipinski definition) is 2. The van der Waals surface area contributed by atoms with Crippen molar-refractivity contribution in [2.24, 2.45) is 0 Å². The van der Waals surface area contributed by atoms with Gasteiger partial charge in [0.05, 0.1) is 5.56 Å². The summed E-state index contributed by atoms with van der Waals surface area (Å²) in [6, 6.07) is 5.02. The maximum atomic E-state index is 12.1. The molecule has 1 unspecified atom stereocenters. The van der Waals surface area contributed by atoms with Crippen LogP contribution in [0.15, 0.2) is 18.2 Å². The van der Waals surface area contributed by atoms with E-state index in [0.29, 0.717) is 6.61 Å². The van der Waals surface area contributed by atoms with Crippen LogP contribution in [0.5, 0.6) is 5.75 Å². The Hall–Kier alpha value is -1.79. The summed E-state index contributed by atoms with van der Waals surface area (Å²) in [6.07, 6.45) is 2.38. The van der Waals surface area contributed by atoms with Crippen molar-refractivity contribution in [3.63, 3.8) is 0 Å². The number of aromatic hydroxyl groups is 1. The largest absolute Gasteiger partial charge is 0.507 e. The van der Waals surface area contributed by atoms with Crippen molar-refractivity contribution in [2.45, 2.75) is 39.4 Å². The first-order valence-electron chi connectivity index (χ1n) is 7.81. The van der Waals surface area contributed by atoms with Crippen molar-refractivity contribution >= 4 is 11.6 Å². The van der Waals surface area contributed by atoms with E-state index in [1.165, 1.54) is 0 Å². The van der Waals surface area contributed by atoms with Crippen molar-refractivity contribution in [1.82, 2.24) is 5.48 Å². The number of phenolic OH excluding ortho intramolecular Hbond substituents is 1. The number of benzene rings is 1. The van der Waals surface area contributed by atoms with Gasteiger partial charge < -0.3 is 14.7 Å². The molecule has 1 aromatic rings. The summed E-state index contributed by atoms with van der Waals surface area (Å²) < 4.78 is 5.37. The van der Waals surface area contributed by atoms with E-state index in [1.54, 1.807) is 12.1 Å². The number of nitrogens with one attached hydrogen (secondary N) is 1. The topological polar surface area (TPSA) is 71.0 Å². The average molecular weight is 308 g/mol. The third kappa shape index (κ3) is 4.11. The molecule has 1 aliphatic heterocycles. The van der Waals surface area contributed by atoms with Crippen molar-refractivity contribution in [3.8, 4) is 5.75 Å². The number of nitrogens with zero attached hydrogens (tertiary/aromatic N) is 1.